The average Bonchev–Trinajstić information content (AvgIpc) is 3.03. The Balaban J connectivity index is 1.77. The molecule has 122 valence electrons. The van der Waals surface area contributed by atoms with Crippen LogP contribution in [0.2, 0.25) is 0 Å². The molecule has 3 aromatic rings. The number of methoxy groups -OCH3 is 1. The van der Waals surface area contributed by atoms with Gasteiger partial charge < -0.3 is 14.6 Å². The molecular weight excluding hydrogens is 308 g/mol. The number of nitrogens with one attached hydrogen (secondary N) is 1. The molecule has 1 heterocycles. The molecule has 0 radical (unpaired) electrons. The van der Waals surface area contributed by atoms with Gasteiger partial charge in [0.25, 0.3) is 0 Å². The van der Waals surface area contributed by atoms with Crippen LogP contribution in [0, 0.1) is 0 Å². The largest absolute Gasteiger partial charge is 0.467 e. The van der Waals surface area contributed by atoms with Crippen molar-refractivity contribution in [2.75, 3.05) is 7.11 Å². The number of para-hydroxylation sites is 1. The number of rotatable bonds is 5. The summed E-state index contributed by atoms with van der Waals surface area (Å²) in [6, 6.07) is 15.4. The standard InChI is InChI=1S/C18H16N2O4/c1-23-18(22)17(12-7-3-2-4-8-12)19-16(21)11-14-13-9-5-6-10-15(13)24-20-14/h2-10,17H,11H2,1H3,(H,19,21)/t17-/m0/s1. The van der Waals surface area contributed by atoms with Gasteiger partial charge in [0.05, 0.1) is 13.5 Å². The van der Waals surface area contributed by atoms with Gasteiger partial charge in [0, 0.05) is 5.39 Å². The maximum atomic E-state index is 12.4. The van der Waals surface area contributed by atoms with Gasteiger partial charge in [0.15, 0.2) is 11.6 Å². The van der Waals surface area contributed by atoms with Crippen LogP contribution in [0.4, 0.5) is 0 Å². The zero-order chi connectivity index (χ0) is 16.9. The lowest BCUT2D eigenvalue weighted by Gasteiger charge is -2.16. The second-order valence-corrected chi connectivity index (χ2v) is 5.24. The average molecular weight is 324 g/mol. The van der Waals surface area contributed by atoms with Gasteiger partial charge in [-0.3, -0.25) is 4.79 Å². The first-order valence-electron chi connectivity index (χ1n) is 7.44. The molecule has 3 rings (SSSR count). The fourth-order valence-corrected chi connectivity index (χ4v) is 2.47. The summed E-state index contributed by atoms with van der Waals surface area (Å²) < 4.78 is 9.97. The zero-order valence-electron chi connectivity index (χ0n) is 13.1. The number of carbonyl (C=O) groups excluding carboxylic acids is 2. The van der Waals surface area contributed by atoms with Crippen molar-refractivity contribution in [2.24, 2.45) is 0 Å². The Hall–Kier alpha value is -3.15. The van der Waals surface area contributed by atoms with Crippen molar-refractivity contribution in [3.63, 3.8) is 0 Å². The first-order valence-corrected chi connectivity index (χ1v) is 7.44. The lowest BCUT2D eigenvalue weighted by molar-refractivity contribution is -0.145. The third kappa shape index (κ3) is 3.27. The van der Waals surface area contributed by atoms with E-state index in [1.165, 1.54) is 7.11 Å². The van der Waals surface area contributed by atoms with Gasteiger partial charge in [-0.05, 0) is 17.7 Å². The van der Waals surface area contributed by atoms with Crippen LogP contribution in [0.25, 0.3) is 11.0 Å². The Labute approximate surface area is 138 Å². The minimum Gasteiger partial charge on any atom is -0.467 e. The molecule has 0 aliphatic carbocycles. The summed E-state index contributed by atoms with van der Waals surface area (Å²) >= 11 is 0. The van der Waals surface area contributed by atoms with Crippen molar-refractivity contribution in [2.45, 2.75) is 12.5 Å². The van der Waals surface area contributed by atoms with E-state index in [1.807, 2.05) is 24.3 Å². The van der Waals surface area contributed by atoms with Crippen LogP contribution in [0.1, 0.15) is 17.3 Å². The minimum atomic E-state index is -0.859. The minimum absolute atomic E-state index is 0.0113. The molecule has 1 N–H and O–H groups in total. The van der Waals surface area contributed by atoms with Gasteiger partial charge in [0.1, 0.15) is 5.69 Å². The van der Waals surface area contributed by atoms with Crippen LogP contribution in [0.5, 0.6) is 0 Å². The number of esters is 1. The van der Waals surface area contributed by atoms with E-state index in [0.29, 0.717) is 16.8 Å². The highest BCUT2D eigenvalue weighted by molar-refractivity contribution is 5.89. The van der Waals surface area contributed by atoms with Gasteiger partial charge in [-0.1, -0.05) is 47.6 Å². The predicted molar refractivity (Wildman–Crippen MR) is 87.1 cm³/mol. The highest BCUT2D eigenvalue weighted by Crippen LogP contribution is 2.19. The number of aromatic nitrogens is 1. The summed E-state index contributed by atoms with van der Waals surface area (Å²) in [7, 11) is 1.29. The van der Waals surface area contributed by atoms with E-state index in [2.05, 4.69) is 10.5 Å². The topological polar surface area (TPSA) is 81.4 Å². The van der Waals surface area contributed by atoms with E-state index in [9.17, 15) is 9.59 Å². The molecule has 0 saturated heterocycles. The van der Waals surface area contributed by atoms with Gasteiger partial charge in [-0.15, -0.1) is 0 Å². The molecule has 0 aliphatic rings. The Morgan fingerprint density at radius 1 is 1.12 bits per heavy atom. The van der Waals surface area contributed by atoms with Crippen molar-refractivity contribution in [1.29, 1.82) is 0 Å². The van der Waals surface area contributed by atoms with Crippen molar-refractivity contribution in [1.82, 2.24) is 10.5 Å². The SMILES string of the molecule is COC(=O)[C@@H](NC(=O)Cc1noc2ccccc12)c1ccccc1. The van der Waals surface area contributed by atoms with E-state index in [4.69, 9.17) is 9.26 Å². The summed E-state index contributed by atoms with van der Waals surface area (Å²) in [4.78, 5) is 24.3. The van der Waals surface area contributed by atoms with Gasteiger partial charge >= 0.3 is 5.97 Å². The quantitative estimate of drug-likeness (QED) is 0.729. The summed E-state index contributed by atoms with van der Waals surface area (Å²) in [6.07, 6.45) is 0.0113. The number of amides is 1. The smallest absolute Gasteiger partial charge is 0.333 e. The molecule has 6 nitrogen and oxygen atoms in total. The molecule has 1 amide bonds. The molecule has 0 aliphatic heterocycles. The number of ether oxygens (including phenoxy) is 1. The normalized spacial score (nSPS) is 11.9. The van der Waals surface area contributed by atoms with E-state index in [0.717, 1.165) is 5.39 Å². The summed E-state index contributed by atoms with van der Waals surface area (Å²) in [5.41, 5.74) is 1.80. The van der Waals surface area contributed by atoms with E-state index in [-0.39, 0.29) is 12.3 Å². The van der Waals surface area contributed by atoms with Crippen LogP contribution in [-0.2, 0) is 20.7 Å². The molecule has 0 spiro atoms. The summed E-state index contributed by atoms with van der Waals surface area (Å²) in [5, 5.41) is 7.40. The number of hydrogen-bond acceptors (Lipinski definition) is 5. The van der Waals surface area contributed by atoms with Crippen LogP contribution < -0.4 is 5.32 Å². The number of fused-ring (bicyclic) bond motifs is 1. The molecule has 0 fully saturated rings. The first kappa shape index (κ1) is 15.7. The van der Waals surface area contributed by atoms with Crippen molar-refractivity contribution < 1.29 is 18.8 Å². The van der Waals surface area contributed by atoms with E-state index < -0.39 is 12.0 Å². The van der Waals surface area contributed by atoms with E-state index >= 15 is 0 Å². The second-order valence-electron chi connectivity index (χ2n) is 5.24. The lowest BCUT2D eigenvalue weighted by Crippen LogP contribution is -2.35. The van der Waals surface area contributed by atoms with Gasteiger partial charge in [-0.2, -0.15) is 0 Å². The van der Waals surface area contributed by atoms with Gasteiger partial charge in [-0.25, -0.2) is 4.79 Å². The Morgan fingerprint density at radius 3 is 2.58 bits per heavy atom. The Kier molecular flexibility index (Phi) is 4.56. The predicted octanol–water partition coefficient (Wildman–Crippen LogP) is 2.40. The highest BCUT2D eigenvalue weighted by Gasteiger charge is 2.24. The lowest BCUT2D eigenvalue weighted by atomic mass is 10.1. The van der Waals surface area contributed by atoms with Crippen molar-refractivity contribution in [3.8, 4) is 0 Å². The Bertz CT molecular complexity index is 858. The van der Waals surface area contributed by atoms with Crippen LogP contribution in [0.3, 0.4) is 0 Å². The first-order chi connectivity index (χ1) is 11.7. The van der Waals surface area contributed by atoms with Crippen molar-refractivity contribution in [3.05, 3.63) is 65.9 Å². The number of nitrogens with zero attached hydrogens (tertiary/aromatic N) is 1. The fraction of sp³-hybridized carbons (Fsp3) is 0.167. The number of carbonyl (C=O) groups is 2. The van der Waals surface area contributed by atoms with Gasteiger partial charge in [0.2, 0.25) is 5.91 Å². The molecule has 6 heteroatoms. The molecule has 0 unspecified atom stereocenters. The monoisotopic (exact) mass is 324 g/mol. The fourth-order valence-electron chi connectivity index (χ4n) is 2.47. The molecule has 0 saturated carbocycles. The molecule has 1 aromatic heterocycles. The maximum absolute atomic E-state index is 12.4. The van der Waals surface area contributed by atoms with Crippen LogP contribution in [-0.4, -0.2) is 24.1 Å². The summed E-state index contributed by atoms with van der Waals surface area (Å²) in [6.45, 7) is 0. The molecule has 2 aromatic carbocycles. The maximum Gasteiger partial charge on any atom is 0.333 e. The summed E-state index contributed by atoms with van der Waals surface area (Å²) in [5.74, 6) is -0.868. The van der Waals surface area contributed by atoms with Crippen LogP contribution >= 0.6 is 0 Å². The third-order valence-corrected chi connectivity index (χ3v) is 3.66. The van der Waals surface area contributed by atoms with E-state index in [1.54, 1.807) is 30.3 Å². The molecule has 1 atom stereocenters. The molecule has 24 heavy (non-hydrogen) atoms. The number of hydrogen-bond donors (Lipinski definition) is 1. The molecular formula is C18H16N2O4. The molecule has 0 bridgehead atoms. The highest BCUT2D eigenvalue weighted by atomic mass is 16.5. The third-order valence-electron chi connectivity index (χ3n) is 3.66. The zero-order valence-corrected chi connectivity index (χ0v) is 13.1. The van der Waals surface area contributed by atoms with Crippen molar-refractivity contribution >= 4 is 22.8 Å². The number of benzene rings is 2. The second kappa shape index (κ2) is 6.95. The Morgan fingerprint density at radius 2 is 1.83 bits per heavy atom. The van der Waals surface area contributed by atoms with Crippen LogP contribution in [0.15, 0.2) is 59.1 Å².